The summed E-state index contributed by atoms with van der Waals surface area (Å²) in [5.74, 6) is 0.904. The molecule has 0 spiro atoms. The van der Waals surface area contributed by atoms with Gasteiger partial charge in [-0.3, -0.25) is 4.68 Å². The fourth-order valence-corrected chi connectivity index (χ4v) is 2.25. The highest BCUT2D eigenvalue weighted by Gasteiger charge is 2.09. The molecule has 2 rings (SSSR count). The molecular weight excluding hydrogens is 274 g/mol. The normalized spacial score (nSPS) is 10.8. The van der Waals surface area contributed by atoms with E-state index < -0.39 is 0 Å². The van der Waals surface area contributed by atoms with Crippen LogP contribution in [0.5, 0.6) is 5.75 Å². The summed E-state index contributed by atoms with van der Waals surface area (Å²) >= 11 is 6.19. The molecule has 1 N–H and O–H groups in total. The van der Waals surface area contributed by atoms with E-state index in [1.807, 2.05) is 36.9 Å². The Morgan fingerprint density at radius 1 is 1.35 bits per heavy atom. The van der Waals surface area contributed by atoms with E-state index in [9.17, 15) is 0 Å². The van der Waals surface area contributed by atoms with Crippen molar-refractivity contribution in [1.82, 2.24) is 15.1 Å². The Kier molecular flexibility index (Phi) is 5.04. The first-order chi connectivity index (χ1) is 9.58. The van der Waals surface area contributed by atoms with E-state index in [4.69, 9.17) is 16.3 Å². The number of ether oxygens (including phenoxy) is 1. The predicted octanol–water partition coefficient (Wildman–Crippen LogP) is 2.86. The summed E-state index contributed by atoms with van der Waals surface area (Å²) in [4.78, 5) is 0. The topological polar surface area (TPSA) is 39.1 Å². The molecule has 0 saturated carbocycles. The van der Waals surface area contributed by atoms with Crippen LogP contribution in [-0.4, -0.2) is 22.9 Å². The van der Waals surface area contributed by atoms with Crippen molar-refractivity contribution in [2.24, 2.45) is 7.05 Å². The van der Waals surface area contributed by atoms with Crippen LogP contribution in [0.25, 0.3) is 0 Å². The van der Waals surface area contributed by atoms with E-state index in [2.05, 4.69) is 23.4 Å². The average Bonchev–Trinajstić information content (AvgIpc) is 2.64. The lowest BCUT2D eigenvalue weighted by Gasteiger charge is -2.08. The molecule has 108 valence electrons. The van der Waals surface area contributed by atoms with Crippen molar-refractivity contribution in [3.05, 3.63) is 46.2 Å². The highest BCUT2D eigenvalue weighted by Crippen LogP contribution is 2.18. The van der Waals surface area contributed by atoms with Crippen molar-refractivity contribution in [2.45, 2.75) is 20.4 Å². The molecule has 2 aromatic rings. The van der Waals surface area contributed by atoms with Gasteiger partial charge in [0.25, 0.3) is 0 Å². The molecule has 0 bridgehead atoms. The first kappa shape index (κ1) is 14.9. The molecule has 0 fully saturated rings. The van der Waals surface area contributed by atoms with Gasteiger partial charge in [0, 0.05) is 20.1 Å². The predicted molar refractivity (Wildman–Crippen MR) is 81.3 cm³/mol. The molecule has 1 heterocycles. The summed E-state index contributed by atoms with van der Waals surface area (Å²) in [6.45, 7) is 6.03. The van der Waals surface area contributed by atoms with Crippen LogP contribution < -0.4 is 10.1 Å². The fraction of sp³-hybridized carbons (Fsp3) is 0.400. The number of aromatic nitrogens is 2. The maximum absolute atomic E-state index is 6.19. The minimum absolute atomic E-state index is 0.623. The van der Waals surface area contributed by atoms with Crippen LogP contribution in [0.15, 0.2) is 24.3 Å². The lowest BCUT2D eigenvalue weighted by Crippen LogP contribution is -2.22. The summed E-state index contributed by atoms with van der Waals surface area (Å²) in [6.07, 6.45) is 0. The Morgan fingerprint density at radius 3 is 2.80 bits per heavy atom. The van der Waals surface area contributed by atoms with Gasteiger partial charge in [-0.05, 0) is 31.5 Å². The largest absolute Gasteiger partial charge is 0.492 e. The third-order valence-electron chi connectivity index (χ3n) is 3.09. The number of hydrogen-bond acceptors (Lipinski definition) is 3. The van der Waals surface area contributed by atoms with E-state index in [1.54, 1.807) is 0 Å². The van der Waals surface area contributed by atoms with E-state index in [-0.39, 0.29) is 0 Å². The van der Waals surface area contributed by atoms with Crippen molar-refractivity contribution in [1.29, 1.82) is 0 Å². The smallest absolute Gasteiger partial charge is 0.119 e. The lowest BCUT2D eigenvalue weighted by molar-refractivity contribution is 0.313. The molecule has 0 aliphatic rings. The van der Waals surface area contributed by atoms with Crippen LogP contribution in [0.2, 0.25) is 5.02 Å². The Labute approximate surface area is 124 Å². The second kappa shape index (κ2) is 6.77. The summed E-state index contributed by atoms with van der Waals surface area (Å²) in [6, 6.07) is 8.05. The second-order valence-electron chi connectivity index (χ2n) is 4.81. The molecule has 1 aromatic heterocycles. The van der Waals surface area contributed by atoms with Gasteiger partial charge < -0.3 is 10.1 Å². The standard InChI is InChI=1S/C15H20ClN3O/c1-11-5-4-6-13(9-11)20-8-7-17-10-14-15(16)12(2)18-19(14)3/h4-6,9,17H,7-8,10H2,1-3H3. The lowest BCUT2D eigenvalue weighted by atomic mass is 10.2. The van der Waals surface area contributed by atoms with E-state index in [0.717, 1.165) is 28.7 Å². The first-order valence-electron chi connectivity index (χ1n) is 6.66. The molecule has 0 aliphatic heterocycles. The van der Waals surface area contributed by atoms with Crippen LogP contribution in [0.1, 0.15) is 17.0 Å². The minimum Gasteiger partial charge on any atom is -0.492 e. The third-order valence-corrected chi connectivity index (χ3v) is 3.58. The average molecular weight is 294 g/mol. The molecule has 1 aromatic carbocycles. The number of nitrogens with one attached hydrogen (secondary N) is 1. The fourth-order valence-electron chi connectivity index (χ4n) is 2.03. The van der Waals surface area contributed by atoms with Gasteiger partial charge in [0.05, 0.1) is 16.4 Å². The van der Waals surface area contributed by atoms with Crippen molar-refractivity contribution in [3.63, 3.8) is 0 Å². The Balaban J connectivity index is 1.74. The zero-order valence-corrected chi connectivity index (χ0v) is 12.9. The van der Waals surface area contributed by atoms with Crippen molar-refractivity contribution in [3.8, 4) is 5.75 Å². The Morgan fingerprint density at radius 2 is 2.15 bits per heavy atom. The molecule has 0 amide bonds. The van der Waals surface area contributed by atoms with Crippen LogP contribution >= 0.6 is 11.6 Å². The SMILES string of the molecule is Cc1cccc(OCCNCc2c(Cl)c(C)nn2C)c1. The molecule has 5 heteroatoms. The Hall–Kier alpha value is -1.52. The van der Waals surface area contributed by atoms with Gasteiger partial charge in [-0.2, -0.15) is 5.10 Å². The number of hydrogen-bond donors (Lipinski definition) is 1. The van der Waals surface area contributed by atoms with Gasteiger partial charge in [0.1, 0.15) is 12.4 Å². The second-order valence-corrected chi connectivity index (χ2v) is 5.19. The van der Waals surface area contributed by atoms with Gasteiger partial charge in [-0.25, -0.2) is 0 Å². The highest BCUT2D eigenvalue weighted by atomic mass is 35.5. The van der Waals surface area contributed by atoms with Gasteiger partial charge in [0.2, 0.25) is 0 Å². The quantitative estimate of drug-likeness (QED) is 0.833. The molecule has 0 saturated heterocycles. The monoisotopic (exact) mass is 293 g/mol. The van der Waals surface area contributed by atoms with Gasteiger partial charge in [-0.15, -0.1) is 0 Å². The number of benzene rings is 1. The number of aryl methyl sites for hydroxylation is 3. The van der Waals surface area contributed by atoms with Crippen molar-refractivity contribution >= 4 is 11.6 Å². The molecule has 0 radical (unpaired) electrons. The zero-order valence-electron chi connectivity index (χ0n) is 12.1. The van der Waals surface area contributed by atoms with Gasteiger partial charge >= 0.3 is 0 Å². The maximum atomic E-state index is 6.19. The van der Waals surface area contributed by atoms with E-state index in [0.29, 0.717) is 13.2 Å². The molecule has 0 atom stereocenters. The van der Waals surface area contributed by atoms with E-state index in [1.165, 1.54) is 5.56 Å². The molecule has 4 nitrogen and oxygen atoms in total. The summed E-state index contributed by atoms with van der Waals surface area (Å²) in [5.41, 5.74) is 3.06. The molecule has 0 unspecified atom stereocenters. The van der Waals surface area contributed by atoms with Crippen LogP contribution in [0.3, 0.4) is 0 Å². The number of rotatable bonds is 6. The zero-order chi connectivity index (χ0) is 14.5. The highest BCUT2D eigenvalue weighted by molar-refractivity contribution is 6.31. The number of halogens is 1. The van der Waals surface area contributed by atoms with Crippen LogP contribution in [0.4, 0.5) is 0 Å². The van der Waals surface area contributed by atoms with Crippen molar-refractivity contribution < 1.29 is 4.74 Å². The van der Waals surface area contributed by atoms with Gasteiger partial charge in [-0.1, -0.05) is 23.7 Å². The van der Waals surface area contributed by atoms with Gasteiger partial charge in [0.15, 0.2) is 0 Å². The van der Waals surface area contributed by atoms with Crippen LogP contribution in [-0.2, 0) is 13.6 Å². The first-order valence-corrected chi connectivity index (χ1v) is 7.04. The maximum Gasteiger partial charge on any atom is 0.119 e. The Bertz CT molecular complexity index is 580. The van der Waals surface area contributed by atoms with Crippen LogP contribution in [0, 0.1) is 13.8 Å². The summed E-state index contributed by atoms with van der Waals surface area (Å²) in [7, 11) is 1.90. The third kappa shape index (κ3) is 3.74. The minimum atomic E-state index is 0.623. The summed E-state index contributed by atoms with van der Waals surface area (Å²) < 4.78 is 7.48. The van der Waals surface area contributed by atoms with E-state index >= 15 is 0 Å². The summed E-state index contributed by atoms with van der Waals surface area (Å²) in [5, 5.41) is 8.33. The molecule has 20 heavy (non-hydrogen) atoms. The molecule has 0 aliphatic carbocycles. The molecular formula is C15H20ClN3O. The van der Waals surface area contributed by atoms with Crippen molar-refractivity contribution in [2.75, 3.05) is 13.2 Å². The number of nitrogens with zero attached hydrogens (tertiary/aromatic N) is 2.